The van der Waals surface area contributed by atoms with Crippen LogP contribution in [0.1, 0.15) is 18.1 Å². The Kier molecular flexibility index (Phi) is 4.54. The van der Waals surface area contributed by atoms with Gasteiger partial charge < -0.3 is 0 Å². The monoisotopic (exact) mass is 387 g/mol. The summed E-state index contributed by atoms with van der Waals surface area (Å²) in [4.78, 5) is 16.4. The van der Waals surface area contributed by atoms with Crippen molar-refractivity contribution in [2.45, 2.75) is 13.8 Å². The number of amides is 1. The second-order valence-electron chi connectivity index (χ2n) is 5.09. The third-order valence-electron chi connectivity index (χ3n) is 3.22. The van der Waals surface area contributed by atoms with Crippen LogP contribution in [0.4, 0.5) is 5.13 Å². The number of halogens is 1. The molecule has 1 amide bonds. The molecule has 1 aromatic heterocycles. The molecular formula is C17H14BrN3OS. The number of anilines is 1. The molecule has 0 spiro atoms. The van der Waals surface area contributed by atoms with Crippen LogP contribution < -0.4 is 5.01 Å². The Balaban J connectivity index is 1.93. The molecule has 0 saturated heterocycles. The summed E-state index contributed by atoms with van der Waals surface area (Å²) < 4.78 is 1.99. The van der Waals surface area contributed by atoms with E-state index in [4.69, 9.17) is 0 Å². The fourth-order valence-electron chi connectivity index (χ4n) is 2.02. The van der Waals surface area contributed by atoms with E-state index in [2.05, 4.69) is 26.0 Å². The third-order valence-corrected chi connectivity index (χ3v) is 4.71. The van der Waals surface area contributed by atoms with Crippen LogP contribution >= 0.6 is 27.3 Å². The number of hydrogen-bond donors (Lipinski definition) is 0. The summed E-state index contributed by atoms with van der Waals surface area (Å²) in [6, 6.07) is 13.8. The first-order chi connectivity index (χ1) is 11.0. The molecule has 3 rings (SSSR count). The van der Waals surface area contributed by atoms with Crippen molar-refractivity contribution in [2.24, 2.45) is 5.10 Å². The maximum atomic E-state index is 11.9. The second-order valence-corrected chi connectivity index (χ2v) is 7.02. The lowest BCUT2D eigenvalue weighted by molar-refractivity contribution is -0.116. The Morgan fingerprint density at radius 2 is 2.00 bits per heavy atom. The van der Waals surface area contributed by atoms with Crippen molar-refractivity contribution in [3.05, 3.63) is 58.1 Å². The molecule has 2 aromatic carbocycles. The first kappa shape index (κ1) is 15.8. The largest absolute Gasteiger partial charge is 0.273 e. The van der Waals surface area contributed by atoms with Crippen molar-refractivity contribution in [2.75, 3.05) is 5.01 Å². The molecule has 4 nitrogen and oxygen atoms in total. The first-order valence-corrected chi connectivity index (χ1v) is 8.61. The molecule has 0 radical (unpaired) electrons. The van der Waals surface area contributed by atoms with Gasteiger partial charge in [-0.25, -0.2) is 4.98 Å². The van der Waals surface area contributed by atoms with E-state index in [1.165, 1.54) is 28.8 Å². The van der Waals surface area contributed by atoms with Crippen molar-refractivity contribution < 1.29 is 4.79 Å². The quantitative estimate of drug-likeness (QED) is 0.480. The minimum atomic E-state index is -0.175. The van der Waals surface area contributed by atoms with Gasteiger partial charge in [-0.1, -0.05) is 57.1 Å². The molecular weight excluding hydrogens is 374 g/mol. The van der Waals surface area contributed by atoms with Crippen LogP contribution in [0.15, 0.2) is 52.0 Å². The number of aromatic nitrogens is 1. The average Bonchev–Trinajstić information content (AvgIpc) is 2.91. The van der Waals surface area contributed by atoms with Crippen LogP contribution in [0, 0.1) is 6.92 Å². The van der Waals surface area contributed by atoms with Gasteiger partial charge in [0.25, 0.3) is 0 Å². The van der Waals surface area contributed by atoms with E-state index < -0.39 is 0 Å². The number of benzene rings is 2. The topological polar surface area (TPSA) is 45.6 Å². The number of hydrazone groups is 1. The molecule has 0 N–H and O–H groups in total. The maximum Gasteiger partial charge on any atom is 0.246 e. The van der Waals surface area contributed by atoms with Crippen molar-refractivity contribution in [3.8, 4) is 0 Å². The van der Waals surface area contributed by atoms with Crippen molar-refractivity contribution >= 4 is 54.7 Å². The fraction of sp³-hybridized carbons (Fsp3) is 0.118. The van der Waals surface area contributed by atoms with Gasteiger partial charge in [0.2, 0.25) is 11.0 Å². The molecule has 0 saturated carbocycles. The summed E-state index contributed by atoms with van der Waals surface area (Å²) in [6.07, 6.45) is 1.67. The highest BCUT2D eigenvalue weighted by atomic mass is 79.9. The number of fused-ring (bicyclic) bond motifs is 1. The van der Waals surface area contributed by atoms with Crippen molar-refractivity contribution in [1.29, 1.82) is 0 Å². The Morgan fingerprint density at radius 1 is 1.26 bits per heavy atom. The van der Waals surface area contributed by atoms with E-state index in [1.807, 2.05) is 49.4 Å². The normalized spacial score (nSPS) is 11.3. The van der Waals surface area contributed by atoms with Gasteiger partial charge in [-0.2, -0.15) is 10.1 Å². The zero-order chi connectivity index (χ0) is 16.4. The summed E-state index contributed by atoms with van der Waals surface area (Å²) in [6.45, 7) is 3.51. The van der Waals surface area contributed by atoms with Gasteiger partial charge in [-0.3, -0.25) is 4.79 Å². The molecule has 0 atom stereocenters. The lowest BCUT2D eigenvalue weighted by Crippen LogP contribution is -2.22. The van der Waals surface area contributed by atoms with Gasteiger partial charge in [0.05, 0.1) is 16.4 Å². The molecule has 0 aliphatic carbocycles. The molecule has 0 bridgehead atoms. The fourth-order valence-corrected chi connectivity index (χ4v) is 3.54. The molecule has 0 unspecified atom stereocenters. The third kappa shape index (κ3) is 3.65. The summed E-state index contributed by atoms with van der Waals surface area (Å²) in [5.74, 6) is -0.175. The second kappa shape index (κ2) is 6.60. The lowest BCUT2D eigenvalue weighted by atomic mass is 10.2. The smallest absolute Gasteiger partial charge is 0.246 e. The van der Waals surface area contributed by atoms with E-state index >= 15 is 0 Å². The van der Waals surface area contributed by atoms with Crippen LogP contribution in [-0.2, 0) is 4.79 Å². The molecule has 1 heterocycles. The van der Waals surface area contributed by atoms with E-state index in [1.54, 1.807) is 6.21 Å². The molecule has 3 aromatic rings. The number of carbonyl (C=O) groups is 1. The molecule has 6 heteroatoms. The van der Waals surface area contributed by atoms with Gasteiger partial charge in [-0.15, -0.1) is 0 Å². The SMILES string of the molecule is CC(=O)N(/N=C\c1ccc(C)cc1)c1nc2ccc(Br)cc2s1. The van der Waals surface area contributed by atoms with Crippen LogP contribution in [0.2, 0.25) is 0 Å². The highest BCUT2D eigenvalue weighted by Gasteiger charge is 2.15. The van der Waals surface area contributed by atoms with Crippen molar-refractivity contribution in [1.82, 2.24) is 4.98 Å². The summed E-state index contributed by atoms with van der Waals surface area (Å²) in [7, 11) is 0. The van der Waals surface area contributed by atoms with E-state index in [9.17, 15) is 4.79 Å². The number of carbonyl (C=O) groups excluding carboxylic acids is 1. The minimum absolute atomic E-state index is 0.175. The van der Waals surface area contributed by atoms with E-state index in [-0.39, 0.29) is 5.91 Å². The maximum absolute atomic E-state index is 11.9. The minimum Gasteiger partial charge on any atom is -0.273 e. The van der Waals surface area contributed by atoms with E-state index in [0.29, 0.717) is 5.13 Å². The predicted octanol–water partition coefficient (Wildman–Crippen LogP) is 4.75. The van der Waals surface area contributed by atoms with Gasteiger partial charge in [0.15, 0.2) is 0 Å². The van der Waals surface area contributed by atoms with Crippen LogP contribution in [0.3, 0.4) is 0 Å². The van der Waals surface area contributed by atoms with Crippen LogP contribution in [0.5, 0.6) is 0 Å². The summed E-state index contributed by atoms with van der Waals surface area (Å²) >= 11 is 4.88. The molecule has 23 heavy (non-hydrogen) atoms. The van der Waals surface area contributed by atoms with Crippen LogP contribution in [0.25, 0.3) is 10.2 Å². The highest BCUT2D eigenvalue weighted by molar-refractivity contribution is 9.10. The Hall–Kier alpha value is -2.05. The number of rotatable bonds is 3. The first-order valence-electron chi connectivity index (χ1n) is 7.00. The number of aryl methyl sites for hydroxylation is 1. The molecule has 116 valence electrons. The Bertz CT molecular complexity index is 886. The lowest BCUT2D eigenvalue weighted by Gasteiger charge is -2.10. The Morgan fingerprint density at radius 3 is 2.70 bits per heavy atom. The number of nitrogens with zero attached hydrogens (tertiary/aromatic N) is 3. The number of thiazole rings is 1. The average molecular weight is 388 g/mol. The standard InChI is InChI=1S/C17H14BrN3OS/c1-11-3-5-13(6-4-11)10-19-21(12(2)22)17-20-15-8-7-14(18)9-16(15)23-17/h3-10H,1-2H3/b19-10-. The van der Waals surface area contributed by atoms with Crippen LogP contribution in [-0.4, -0.2) is 17.1 Å². The van der Waals surface area contributed by atoms with Gasteiger partial charge >= 0.3 is 0 Å². The Labute approximate surface area is 146 Å². The van der Waals surface area contributed by atoms with Gasteiger partial charge in [-0.05, 0) is 30.7 Å². The molecule has 0 fully saturated rings. The van der Waals surface area contributed by atoms with E-state index in [0.717, 1.165) is 20.3 Å². The van der Waals surface area contributed by atoms with Crippen molar-refractivity contribution in [3.63, 3.8) is 0 Å². The van der Waals surface area contributed by atoms with Gasteiger partial charge in [0.1, 0.15) is 0 Å². The molecule has 0 aliphatic heterocycles. The summed E-state index contributed by atoms with van der Waals surface area (Å²) in [5.41, 5.74) is 2.97. The summed E-state index contributed by atoms with van der Waals surface area (Å²) in [5, 5.41) is 6.20. The predicted molar refractivity (Wildman–Crippen MR) is 99.3 cm³/mol. The van der Waals surface area contributed by atoms with Gasteiger partial charge in [0, 0.05) is 11.4 Å². The zero-order valence-corrected chi connectivity index (χ0v) is 15.1. The number of hydrogen-bond acceptors (Lipinski definition) is 4. The molecule has 0 aliphatic rings. The zero-order valence-electron chi connectivity index (χ0n) is 12.7. The highest BCUT2D eigenvalue weighted by Crippen LogP contribution is 2.31.